The van der Waals surface area contributed by atoms with E-state index in [9.17, 15) is 4.79 Å². The standard InChI is InChI=1S/C15H11NOS/c16-9-14-7-6-13(10-17)8-15(14)18-11-12-4-2-1-3-5-12/h1-8,10H,11H2. The SMILES string of the molecule is N#Cc1ccc(C=O)cc1SCc1ccccc1. The normalized spacial score (nSPS) is 9.72. The van der Waals surface area contributed by atoms with Gasteiger partial charge in [0.05, 0.1) is 5.56 Å². The molecular weight excluding hydrogens is 242 g/mol. The summed E-state index contributed by atoms with van der Waals surface area (Å²) in [4.78, 5) is 11.6. The van der Waals surface area contributed by atoms with Crippen LogP contribution in [0.5, 0.6) is 0 Å². The highest BCUT2D eigenvalue weighted by atomic mass is 32.2. The Labute approximate surface area is 110 Å². The van der Waals surface area contributed by atoms with Crippen molar-refractivity contribution in [1.82, 2.24) is 0 Å². The van der Waals surface area contributed by atoms with Crippen molar-refractivity contribution < 1.29 is 4.79 Å². The average molecular weight is 253 g/mol. The van der Waals surface area contributed by atoms with E-state index in [1.54, 1.807) is 30.0 Å². The van der Waals surface area contributed by atoms with Crippen molar-refractivity contribution in [2.24, 2.45) is 0 Å². The molecule has 18 heavy (non-hydrogen) atoms. The van der Waals surface area contributed by atoms with Crippen molar-refractivity contribution in [2.75, 3.05) is 0 Å². The molecule has 0 spiro atoms. The first-order valence-electron chi connectivity index (χ1n) is 5.49. The fraction of sp³-hybridized carbons (Fsp3) is 0.0667. The van der Waals surface area contributed by atoms with E-state index in [0.717, 1.165) is 16.9 Å². The molecule has 0 amide bonds. The van der Waals surface area contributed by atoms with Crippen LogP contribution in [0.2, 0.25) is 0 Å². The third-order valence-corrected chi connectivity index (χ3v) is 3.63. The van der Waals surface area contributed by atoms with E-state index < -0.39 is 0 Å². The average Bonchev–Trinajstić information content (AvgIpc) is 2.45. The molecular formula is C15H11NOS. The van der Waals surface area contributed by atoms with Crippen LogP contribution in [0.15, 0.2) is 53.4 Å². The predicted molar refractivity (Wildman–Crippen MR) is 72.5 cm³/mol. The molecule has 0 aromatic heterocycles. The van der Waals surface area contributed by atoms with Gasteiger partial charge in [-0.15, -0.1) is 11.8 Å². The summed E-state index contributed by atoms with van der Waals surface area (Å²) >= 11 is 1.57. The van der Waals surface area contributed by atoms with Gasteiger partial charge in [-0.05, 0) is 17.7 Å². The summed E-state index contributed by atoms with van der Waals surface area (Å²) in [5.41, 5.74) is 2.41. The van der Waals surface area contributed by atoms with E-state index in [0.29, 0.717) is 11.1 Å². The van der Waals surface area contributed by atoms with Crippen LogP contribution in [-0.4, -0.2) is 6.29 Å². The predicted octanol–water partition coefficient (Wildman–Crippen LogP) is 3.66. The van der Waals surface area contributed by atoms with Crippen molar-refractivity contribution in [3.63, 3.8) is 0 Å². The molecule has 0 N–H and O–H groups in total. The van der Waals surface area contributed by atoms with Gasteiger partial charge in [0.2, 0.25) is 0 Å². The number of carbonyl (C=O) groups excluding carboxylic acids is 1. The Kier molecular flexibility index (Phi) is 4.16. The minimum Gasteiger partial charge on any atom is -0.298 e. The monoisotopic (exact) mass is 253 g/mol. The third kappa shape index (κ3) is 2.99. The van der Waals surface area contributed by atoms with Crippen molar-refractivity contribution in [2.45, 2.75) is 10.6 Å². The Morgan fingerprint density at radius 2 is 1.94 bits per heavy atom. The molecule has 0 fully saturated rings. The van der Waals surface area contributed by atoms with Crippen LogP contribution in [-0.2, 0) is 5.75 Å². The van der Waals surface area contributed by atoms with Crippen molar-refractivity contribution >= 4 is 18.0 Å². The van der Waals surface area contributed by atoms with Gasteiger partial charge in [0.15, 0.2) is 0 Å². The maximum absolute atomic E-state index is 10.7. The molecule has 0 radical (unpaired) electrons. The molecule has 0 unspecified atom stereocenters. The highest BCUT2D eigenvalue weighted by Gasteiger charge is 2.04. The Morgan fingerprint density at radius 3 is 2.61 bits per heavy atom. The van der Waals surface area contributed by atoms with Crippen molar-refractivity contribution in [1.29, 1.82) is 5.26 Å². The number of nitriles is 1. The van der Waals surface area contributed by atoms with Gasteiger partial charge in [-0.1, -0.05) is 36.4 Å². The number of carbonyl (C=O) groups is 1. The summed E-state index contributed by atoms with van der Waals surface area (Å²) < 4.78 is 0. The second kappa shape index (κ2) is 6.04. The molecule has 3 heteroatoms. The van der Waals surface area contributed by atoms with E-state index >= 15 is 0 Å². The lowest BCUT2D eigenvalue weighted by atomic mass is 10.2. The molecule has 0 aliphatic heterocycles. The Morgan fingerprint density at radius 1 is 1.17 bits per heavy atom. The van der Waals surface area contributed by atoms with E-state index in [1.807, 2.05) is 30.3 Å². The summed E-state index contributed by atoms with van der Waals surface area (Å²) in [5, 5.41) is 9.03. The van der Waals surface area contributed by atoms with Gasteiger partial charge in [-0.2, -0.15) is 5.26 Å². The number of thioether (sulfide) groups is 1. The summed E-state index contributed by atoms with van der Waals surface area (Å²) in [6, 6.07) is 17.3. The zero-order valence-corrected chi connectivity index (χ0v) is 10.5. The van der Waals surface area contributed by atoms with Gasteiger partial charge in [0, 0.05) is 16.2 Å². The lowest BCUT2D eigenvalue weighted by Gasteiger charge is -2.04. The molecule has 0 saturated carbocycles. The van der Waals surface area contributed by atoms with Crippen LogP contribution < -0.4 is 0 Å². The molecule has 0 atom stereocenters. The van der Waals surface area contributed by atoms with Gasteiger partial charge in [0.1, 0.15) is 12.4 Å². The fourth-order valence-corrected chi connectivity index (χ4v) is 2.56. The van der Waals surface area contributed by atoms with Crippen LogP contribution in [0, 0.1) is 11.3 Å². The van der Waals surface area contributed by atoms with Gasteiger partial charge < -0.3 is 0 Å². The second-order valence-electron chi connectivity index (χ2n) is 3.76. The number of rotatable bonds is 4. The largest absolute Gasteiger partial charge is 0.298 e. The number of benzene rings is 2. The molecule has 2 aromatic rings. The summed E-state index contributed by atoms with van der Waals surface area (Å²) in [6.07, 6.45) is 0.799. The molecule has 2 nitrogen and oxygen atoms in total. The Balaban J connectivity index is 2.18. The van der Waals surface area contributed by atoms with Crippen molar-refractivity contribution in [3.8, 4) is 6.07 Å². The third-order valence-electron chi connectivity index (χ3n) is 2.50. The van der Waals surface area contributed by atoms with Crippen LogP contribution in [0.4, 0.5) is 0 Å². The van der Waals surface area contributed by atoms with Crippen LogP contribution >= 0.6 is 11.8 Å². The van der Waals surface area contributed by atoms with Gasteiger partial charge >= 0.3 is 0 Å². The van der Waals surface area contributed by atoms with E-state index in [-0.39, 0.29) is 0 Å². The summed E-state index contributed by atoms with van der Waals surface area (Å²) in [5.74, 6) is 0.790. The molecule has 0 heterocycles. The first-order valence-corrected chi connectivity index (χ1v) is 6.48. The van der Waals surface area contributed by atoms with Gasteiger partial charge in [0.25, 0.3) is 0 Å². The maximum Gasteiger partial charge on any atom is 0.150 e. The molecule has 0 aliphatic rings. The molecule has 2 aromatic carbocycles. The topological polar surface area (TPSA) is 40.9 Å². The zero-order valence-electron chi connectivity index (χ0n) is 9.67. The number of hydrogen-bond acceptors (Lipinski definition) is 3. The van der Waals surface area contributed by atoms with Crippen LogP contribution in [0.25, 0.3) is 0 Å². The minimum absolute atomic E-state index is 0.601. The molecule has 2 rings (SSSR count). The molecule has 88 valence electrons. The zero-order chi connectivity index (χ0) is 12.8. The smallest absolute Gasteiger partial charge is 0.150 e. The summed E-state index contributed by atoms with van der Waals surface area (Å²) in [6.45, 7) is 0. The molecule has 0 saturated heterocycles. The molecule has 0 bridgehead atoms. The number of hydrogen-bond donors (Lipinski definition) is 0. The lowest BCUT2D eigenvalue weighted by Crippen LogP contribution is -1.87. The first-order chi connectivity index (χ1) is 8.83. The highest BCUT2D eigenvalue weighted by molar-refractivity contribution is 7.98. The number of aldehydes is 1. The minimum atomic E-state index is 0.601. The van der Waals surface area contributed by atoms with E-state index in [1.165, 1.54) is 5.56 Å². The molecule has 0 aliphatic carbocycles. The Hall–Kier alpha value is -2.05. The van der Waals surface area contributed by atoms with Crippen molar-refractivity contribution in [3.05, 3.63) is 65.2 Å². The van der Waals surface area contributed by atoms with Gasteiger partial charge in [-0.3, -0.25) is 4.79 Å². The van der Waals surface area contributed by atoms with Gasteiger partial charge in [-0.25, -0.2) is 0 Å². The van der Waals surface area contributed by atoms with Crippen LogP contribution in [0.3, 0.4) is 0 Å². The number of nitrogens with zero attached hydrogens (tertiary/aromatic N) is 1. The van der Waals surface area contributed by atoms with Crippen LogP contribution in [0.1, 0.15) is 21.5 Å². The summed E-state index contributed by atoms with van der Waals surface area (Å²) in [7, 11) is 0. The fourth-order valence-electron chi connectivity index (χ4n) is 1.56. The first kappa shape index (κ1) is 12.4. The Bertz CT molecular complexity index is 587. The highest BCUT2D eigenvalue weighted by Crippen LogP contribution is 2.26. The van der Waals surface area contributed by atoms with E-state index in [2.05, 4.69) is 6.07 Å². The lowest BCUT2D eigenvalue weighted by molar-refractivity contribution is 0.112. The quantitative estimate of drug-likeness (QED) is 0.616. The maximum atomic E-state index is 10.7. The second-order valence-corrected chi connectivity index (χ2v) is 4.78. The van der Waals surface area contributed by atoms with E-state index in [4.69, 9.17) is 5.26 Å².